The highest BCUT2D eigenvalue weighted by molar-refractivity contribution is 5.61. The monoisotopic (exact) mass is 233 g/mol. The Balaban J connectivity index is 2.24. The van der Waals surface area contributed by atoms with Gasteiger partial charge in [0, 0.05) is 11.8 Å². The van der Waals surface area contributed by atoms with Gasteiger partial charge in [0.1, 0.15) is 17.9 Å². The van der Waals surface area contributed by atoms with E-state index in [2.05, 4.69) is 15.3 Å². The van der Waals surface area contributed by atoms with Gasteiger partial charge in [-0.05, 0) is 30.7 Å². The molecule has 0 aliphatic carbocycles. The summed E-state index contributed by atoms with van der Waals surface area (Å²) in [6.07, 6.45) is 1.18. The van der Waals surface area contributed by atoms with Gasteiger partial charge in [-0.3, -0.25) is 0 Å². The van der Waals surface area contributed by atoms with Crippen molar-refractivity contribution in [2.45, 2.75) is 6.92 Å². The first-order valence-electron chi connectivity index (χ1n) is 5.08. The Labute approximate surface area is 98.5 Å². The molecule has 2 aromatic rings. The van der Waals surface area contributed by atoms with Crippen molar-refractivity contribution in [3.63, 3.8) is 0 Å². The van der Waals surface area contributed by atoms with E-state index in [1.165, 1.54) is 12.4 Å². The van der Waals surface area contributed by atoms with Gasteiger partial charge in [0.2, 0.25) is 5.95 Å². The van der Waals surface area contributed by atoms with Crippen LogP contribution in [0.4, 0.5) is 15.9 Å². The second kappa shape index (κ2) is 4.78. The van der Waals surface area contributed by atoms with Gasteiger partial charge in [0.05, 0.1) is 7.11 Å². The molecule has 1 heterocycles. The van der Waals surface area contributed by atoms with E-state index in [4.69, 9.17) is 4.74 Å². The number of nitrogens with zero attached hydrogens (tertiary/aromatic N) is 2. The third-order valence-electron chi connectivity index (χ3n) is 2.33. The van der Waals surface area contributed by atoms with E-state index in [-0.39, 0.29) is 0 Å². The predicted molar refractivity (Wildman–Crippen MR) is 63.0 cm³/mol. The number of nitrogens with one attached hydrogen (secondary N) is 1. The molecule has 0 amide bonds. The van der Waals surface area contributed by atoms with Crippen LogP contribution in [-0.2, 0) is 0 Å². The summed E-state index contributed by atoms with van der Waals surface area (Å²) in [6, 6.07) is 6.81. The summed E-state index contributed by atoms with van der Waals surface area (Å²) in [5, 5.41) is 3.02. The minimum Gasteiger partial charge on any atom is -0.497 e. The largest absolute Gasteiger partial charge is 0.497 e. The fourth-order valence-corrected chi connectivity index (χ4v) is 1.44. The molecule has 0 aliphatic rings. The van der Waals surface area contributed by atoms with Gasteiger partial charge in [-0.15, -0.1) is 0 Å². The third-order valence-corrected chi connectivity index (χ3v) is 2.33. The summed E-state index contributed by atoms with van der Waals surface area (Å²) in [7, 11) is 1.61. The van der Waals surface area contributed by atoms with E-state index in [1.807, 2.05) is 25.1 Å². The van der Waals surface area contributed by atoms with E-state index in [1.54, 1.807) is 7.11 Å². The maximum absolute atomic E-state index is 12.9. The van der Waals surface area contributed by atoms with Crippen LogP contribution in [0.5, 0.6) is 5.75 Å². The second-order valence-corrected chi connectivity index (χ2v) is 3.53. The summed E-state index contributed by atoms with van der Waals surface area (Å²) in [5.41, 5.74) is 1.84. The number of aromatic nitrogens is 2. The van der Waals surface area contributed by atoms with Gasteiger partial charge in [-0.1, -0.05) is 0 Å². The van der Waals surface area contributed by atoms with Gasteiger partial charge < -0.3 is 10.1 Å². The van der Waals surface area contributed by atoms with Crippen LogP contribution in [0.1, 0.15) is 5.56 Å². The molecular weight excluding hydrogens is 221 g/mol. The Hall–Kier alpha value is -2.17. The van der Waals surface area contributed by atoms with Gasteiger partial charge >= 0.3 is 0 Å². The van der Waals surface area contributed by atoms with Crippen LogP contribution >= 0.6 is 0 Å². The van der Waals surface area contributed by atoms with Gasteiger partial charge in [-0.25, -0.2) is 9.97 Å². The average molecular weight is 233 g/mol. The van der Waals surface area contributed by atoms with Crippen molar-refractivity contribution >= 4 is 11.5 Å². The number of hydrogen-bond acceptors (Lipinski definition) is 4. The molecule has 1 aromatic heterocycles. The van der Waals surface area contributed by atoms with Crippen LogP contribution in [0, 0.1) is 12.9 Å². The van der Waals surface area contributed by atoms with E-state index in [0.717, 1.165) is 17.0 Å². The van der Waals surface area contributed by atoms with Crippen molar-refractivity contribution in [3.05, 3.63) is 42.1 Å². The molecule has 1 N–H and O–H groups in total. The number of halogens is 1. The Morgan fingerprint density at radius 1 is 1.24 bits per heavy atom. The van der Waals surface area contributed by atoms with Crippen LogP contribution in [0.2, 0.25) is 0 Å². The van der Waals surface area contributed by atoms with Crippen molar-refractivity contribution < 1.29 is 9.13 Å². The summed E-state index contributed by atoms with van der Waals surface area (Å²) in [5.74, 6) is 0.640. The Morgan fingerprint density at radius 3 is 2.71 bits per heavy atom. The maximum atomic E-state index is 12.9. The molecule has 0 saturated carbocycles. The van der Waals surface area contributed by atoms with E-state index in [0.29, 0.717) is 5.82 Å². The van der Waals surface area contributed by atoms with E-state index in [9.17, 15) is 4.39 Å². The summed E-state index contributed by atoms with van der Waals surface area (Å²) in [6.45, 7) is 1.93. The van der Waals surface area contributed by atoms with Gasteiger partial charge in [0.15, 0.2) is 0 Å². The molecule has 0 unspecified atom stereocenters. The lowest BCUT2D eigenvalue weighted by Crippen LogP contribution is -1.97. The molecule has 2 rings (SSSR count). The van der Waals surface area contributed by atoms with Gasteiger partial charge in [-0.2, -0.15) is 4.39 Å². The van der Waals surface area contributed by atoms with Crippen molar-refractivity contribution in [1.82, 2.24) is 9.97 Å². The second-order valence-electron chi connectivity index (χ2n) is 3.53. The van der Waals surface area contributed by atoms with Crippen molar-refractivity contribution in [1.29, 1.82) is 0 Å². The lowest BCUT2D eigenvalue weighted by molar-refractivity contribution is 0.414. The molecule has 17 heavy (non-hydrogen) atoms. The number of hydrogen-bond donors (Lipinski definition) is 1. The number of aryl methyl sites for hydroxylation is 1. The van der Waals surface area contributed by atoms with Crippen molar-refractivity contribution in [3.8, 4) is 5.75 Å². The number of benzene rings is 1. The first kappa shape index (κ1) is 11.3. The minimum atomic E-state index is -0.561. The Bertz CT molecular complexity index is 531. The standard InChI is InChI=1S/C12H12FN3O/c1-8-5-9(17-2)3-4-10(8)16-12-6-11(13)14-7-15-12/h3-7H,1-2H3,(H,14,15,16). The quantitative estimate of drug-likeness (QED) is 0.828. The normalized spacial score (nSPS) is 10.1. The van der Waals surface area contributed by atoms with E-state index >= 15 is 0 Å². The first-order valence-corrected chi connectivity index (χ1v) is 5.08. The summed E-state index contributed by atoms with van der Waals surface area (Å²) < 4.78 is 18.0. The van der Waals surface area contributed by atoms with Crippen LogP contribution in [0.25, 0.3) is 0 Å². The molecule has 0 atom stereocenters. The van der Waals surface area contributed by atoms with Crippen molar-refractivity contribution in [2.75, 3.05) is 12.4 Å². The topological polar surface area (TPSA) is 47.0 Å². The highest BCUT2D eigenvalue weighted by Crippen LogP contribution is 2.23. The molecular formula is C12H12FN3O. The maximum Gasteiger partial charge on any atom is 0.218 e. The number of ether oxygens (including phenoxy) is 1. The Kier molecular flexibility index (Phi) is 3.18. The number of rotatable bonds is 3. The number of anilines is 2. The lowest BCUT2D eigenvalue weighted by Gasteiger charge is -2.09. The molecule has 0 spiro atoms. The highest BCUT2D eigenvalue weighted by atomic mass is 19.1. The van der Waals surface area contributed by atoms with Crippen LogP contribution in [0.15, 0.2) is 30.6 Å². The van der Waals surface area contributed by atoms with Crippen LogP contribution < -0.4 is 10.1 Å². The van der Waals surface area contributed by atoms with E-state index < -0.39 is 5.95 Å². The Morgan fingerprint density at radius 2 is 2.06 bits per heavy atom. The molecule has 0 bridgehead atoms. The molecule has 0 radical (unpaired) electrons. The smallest absolute Gasteiger partial charge is 0.218 e. The molecule has 0 aliphatic heterocycles. The lowest BCUT2D eigenvalue weighted by atomic mass is 10.2. The first-order chi connectivity index (χ1) is 8.19. The summed E-state index contributed by atoms with van der Waals surface area (Å²) >= 11 is 0. The third kappa shape index (κ3) is 2.69. The zero-order valence-corrected chi connectivity index (χ0v) is 9.57. The number of methoxy groups -OCH3 is 1. The zero-order valence-electron chi connectivity index (χ0n) is 9.57. The average Bonchev–Trinajstić information content (AvgIpc) is 2.32. The zero-order chi connectivity index (χ0) is 12.3. The molecule has 4 nitrogen and oxygen atoms in total. The van der Waals surface area contributed by atoms with Gasteiger partial charge in [0.25, 0.3) is 0 Å². The fourth-order valence-electron chi connectivity index (χ4n) is 1.44. The van der Waals surface area contributed by atoms with Crippen LogP contribution in [-0.4, -0.2) is 17.1 Å². The van der Waals surface area contributed by atoms with Crippen LogP contribution in [0.3, 0.4) is 0 Å². The predicted octanol–water partition coefficient (Wildman–Crippen LogP) is 2.68. The molecule has 0 saturated heterocycles. The fraction of sp³-hybridized carbons (Fsp3) is 0.167. The molecule has 1 aromatic carbocycles. The minimum absolute atomic E-state index is 0.422. The SMILES string of the molecule is COc1ccc(Nc2cc(F)ncn2)c(C)c1. The van der Waals surface area contributed by atoms with Crippen molar-refractivity contribution in [2.24, 2.45) is 0 Å². The molecule has 0 fully saturated rings. The molecule has 5 heteroatoms. The molecule has 88 valence electrons. The highest BCUT2D eigenvalue weighted by Gasteiger charge is 2.02. The summed E-state index contributed by atoms with van der Waals surface area (Å²) in [4.78, 5) is 7.32.